The summed E-state index contributed by atoms with van der Waals surface area (Å²) in [5, 5.41) is 0. The molecule has 4 heteroatoms. The molecule has 0 saturated carbocycles. The number of rotatable bonds is 5. The van der Waals surface area contributed by atoms with Crippen molar-refractivity contribution in [2.45, 2.75) is 18.6 Å². The molecule has 2 aromatic carbocycles. The molecule has 4 N–H and O–H groups in total. The molecule has 20 heavy (non-hydrogen) atoms. The summed E-state index contributed by atoms with van der Waals surface area (Å²) in [5.41, 5.74) is 15.6. The van der Waals surface area contributed by atoms with Crippen LogP contribution in [0, 0.1) is 0 Å². The van der Waals surface area contributed by atoms with E-state index in [1.54, 1.807) is 0 Å². The number of nitrogen functional groups attached to an aromatic ring is 2. The van der Waals surface area contributed by atoms with Gasteiger partial charge in [-0.15, -0.1) is 0 Å². The van der Waals surface area contributed by atoms with Gasteiger partial charge in [0.15, 0.2) is 8.32 Å². The summed E-state index contributed by atoms with van der Waals surface area (Å²) < 4.78 is 5.88. The maximum Gasteiger partial charge on any atom is 0.197 e. The van der Waals surface area contributed by atoms with Crippen molar-refractivity contribution in [1.82, 2.24) is 0 Å². The monoisotopic (exact) mass is 286 g/mol. The van der Waals surface area contributed by atoms with Gasteiger partial charge >= 0.3 is 0 Å². The lowest BCUT2D eigenvalue weighted by molar-refractivity contribution is 0.395. The molecular weight excluding hydrogens is 264 g/mol. The average molecular weight is 286 g/mol. The summed E-state index contributed by atoms with van der Waals surface area (Å²) in [6.07, 6.45) is 0. The SMILES string of the molecule is CO[Si](C)(Cc1ccc(N)cc1)Cc1ccc(N)cc1. The van der Waals surface area contributed by atoms with Gasteiger partial charge < -0.3 is 15.9 Å². The topological polar surface area (TPSA) is 61.3 Å². The molecule has 0 radical (unpaired) electrons. The molecule has 0 atom stereocenters. The summed E-state index contributed by atoms with van der Waals surface area (Å²) in [7, 11) is -0.00117. The average Bonchev–Trinajstić information content (AvgIpc) is 2.44. The van der Waals surface area contributed by atoms with Crippen LogP contribution in [0.15, 0.2) is 48.5 Å². The molecule has 2 rings (SSSR count). The first-order valence-electron chi connectivity index (χ1n) is 6.75. The van der Waals surface area contributed by atoms with E-state index in [9.17, 15) is 0 Å². The molecule has 0 spiro atoms. The molecule has 0 aliphatic heterocycles. The summed E-state index contributed by atoms with van der Waals surface area (Å²) >= 11 is 0. The van der Waals surface area contributed by atoms with Crippen LogP contribution in [0.4, 0.5) is 11.4 Å². The van der Waals surface area contributed by atoms with Gasteiger partial charge in [-0.2, -0.15) is 0 Å². The summed E-state index contributed by atoms with van der Waals surface area (Å²) in [6.45, 7) is 2.26. The number of anilines is 2. The molecule has 0 heterocycles. The van der Waals surface area contributed by atoms with Crippen molar-refractivity contribution in [2.75, 3.05) is 18.6 Å². The van der Waals surface area contributed by atoms with Crippen molar-refractivity contribution < 1.29 is 4.43 Å². The number of hydrogen-bond acceptors (Lipinski definition) is 3. The first-order chi connectivity index (χ1) is 9.50. The van der Waals surface area contributed by atoms with Gasteiger partial charge in [0.05, 0.1) is 0 Å². The Morgan fingerprint density at radius 1 is 0.800 bits per heavy atom. The van der Waals surface area contributed by atoms with E-state index in [1.807, 2.05) is 31.4 Å². The van der Waals surface area contributed by atoms with E-state index in [2.05, 4.69) is 30.8 Å². The van der Waals surface area contributed by atoms with Crippen LogP contribution in [-0.2, 0) is 16.5 Å². The van der Waals surface area contributed by atoms with E-state index in [0.29, 0.717) is 0 Å². The lowest BCUT2D eigenvalue weighted by Crippen LogP contribution is -2.39. The van der Waals surface area contributed by atoms with Crippen LogP contribution < -0.4 is 11.5 Å². The van der Waals surface area contributed by atoms with E-state index in [0.717, 1.165) is 23.5 Å². The molecule has 0 unspecified atom stereocenters. The van der Waals surface area contributed by atoms with E-state index >= 15 is 0 Å². The highest BCUT2D eigenvalue weighted by atomic mass is 28.4. The quantitative estimate of drug-likeness (QED) is 0.656. The van der Waals surface area contributed by atoms with Gasteiger partial charge in [0.2, 0.25) is 0 Å². The minimum absolute atomic E-state index is 0.799. The Morgan fingerprint density at radius 3 is 1.45 bits per heavy atom. The van der Waals surface area contributed by atoms with E-state index < -0.39 is 8.32 Å². The molecule has 0 aromatic heterocycles. The zero-order valence-corrected chi connectivity index (χ0v) is 13.1. The lowest BCUT2D eigenvalue weighted by Gasteiger charge is -2.26. The largest absolute Gasteiger partial charge is 0.420 e. The number of hydrogen-bond donors (Lipinski definition) is 2. The molecule has 106 valence electrons. The third-order valence-electron chi connectivity index (χ3n) is 3.61. The van der Waals surface area contributed by atoms with Crippen LogP contribution in [0.3, 0.4) is 0 Å². The van der Waals surface area contributed by atoms with E-state index in [4.69, 9.17) is 15.9 Å². The fraction of sp³-hybridized carbons (Fsp3) is 0.250. The molecule has 0 aliphatic rings. The lowest BCUT2D eigenvalue weighted by atomic mass is 10.2. The smallest absolute Gasteiger partial charge is 0.197 e. The molecule has 3 nitrogen and oxygen atoms in total. The zero-order chi connectivity index (χ0) is 14.6. The highest BCUT2D eigenvalue weighted by Gasteiger charge is 2.28. The Balaban J connectivity index is 2.12. The minimum atomic E-state index is -1.82. The van der Waals surface area contributed by atoms with Crippen LogP contribution in [0.2, 0.25) is 6.55 Å². The van der Waals surface area contributed by atoms with Gasteiger partial charge in [-0.05, 0) is 54.0 Å². The van der Waals surface area contributed by atoms with Gasteiger partial charge in [0.1, 0.15) is 0 Å². The second-order valence-electron chi connectivity index (χ2n) is 5.49. The first-order valence-corrected chi connectivity index (χ1v) is 9.57. The highest BCUT2D eigenvalue weighted by molar-refractivity contribution is 6.71. The van der Waals surface area contributed by atoms with Crippen LogP contribution in [0.5, 0.6) is 0 Å². The fourth-order valence-corrected chi connectivity index (χ4v) is 4.95. The second-order valence-corrected chi connectivity index (χ2v) is 9.51. The third kappa shape index (κ3) is 3.85. The Kier molecular flexibility index (Phi) is 4.47. The molecule has 0 bridgehead atoms. The third-order valence-corrected chi connectivity index (χ3v) is 6.91. The summed E-state index contributed by atoms with van der Waals surface area (Å²) in [4.78, 5) is 0. The van der Waals surface area contributed by atoms with Crippen LogP contribution in [0.25, 0.3) is 0 Å². The van der Waals surface area contributed by atoms with Crippen LogP contribution in [-0.4, -0.2) is 15.4 Å². The van der Waals surface area contributed by atoms with Gasteiger partial charge in [0, 0.05) is 18.5 Å². The normalized spacial score (nSPS) is 11.5. The van der Waals surface area contributed by atoms with Crippen LogP contribution in [0.1, 0.15) is 11.1 Å². The fourth-order valence-electron chi connectivity index (χ4n) is 2.34. The van der Waals surface area contributed by atoms with Gasteiger partial charge in [-0.25, -0.2) is 0 Å². The zero-order valence-electron chi connectivity index (χ0n) is 12.1. The van der Waals surface area contributed by atoms with E-state index in [1.165, 1.54) is 11.1 Å². The van der Waals surface area contributed by atoms with Crippen molar-refractivity contribution in [2.24, 2.45) is 0 Å². The van der Waals surface area contributed by atoms with Crippen molar-refractivity contribution in [1.29, 1.82) is 0 Å². The minimum Gasteiger partial charge on any atom is -0.420 e. The van der Waals surface area contributed by atoms with Crippen LogP contribution >= 0.6 is 0 Å². The van der Waals surface area contributed by atoms with Crippen molar-refractivity contribution in [3.05, 3.63) is 59.7 Å². The molecule has 2 aromatic rings. The molecule has 0 aliphatic carbocycles. The van der Waals surface area contributed by atoms with Crippen molar-refractivity contribution in [3.8, 4) is 0 Å². The van der Waals surface area contributed by atoms with E-state index in [-0.39, 0.29) is 0 Å². The Labute approximate surface area is 121 Å². The summed E-state index contributed by atoms with van der Waals surface area (Å²) in [6, 6.07) is 18.1. The number of benzene rings is 2. The predicted octanol–water partition coefficient (Wildman–Crippen LogP) is 2.94. The molecular formula is C16H22N2OSi. The Hall–Kier alpha value is -1.78. The van der Waals surface area contributed by atoms with Gasteiger partial charge in [-0.1, -0.05) is 24.3 Å². The molecule has 0 saturated heterocycles. The van der Waals surface area contributed by atoms with Gasteiger partial charge in [0.25, 0.3) is 0 Å². The van der Waals surface area contributed by atoms with Crippen molar-refractivity contribution in [3.63, 3.8) is 0 Å². The highest BCUT2D eigenvalue weighted by Crippen LogP contribution is 2.20. The Bertz CT molecular complexity index is 504. The molecule has 0 amide bonds. The standard InChI is InChI=1S/C16H22N2OSi/c1-19-20(2,11-13-3-7-15(17)8-4-13)12-14-5-9-16(18)10-6-14/h3-10H,11-12,17-18H2,1-2H3. The second kappa shape index (κ2) is 6.11. The Morgan fingerprint density at radius 2 is 1.15 bits per heavy atom. The summed E-state index contributed by atoms with van der Waals surface area (Å²) in [5.74, 6) is 0. The number of nitrogens with two attached hydrogens (primary N) is 2. The predicted molar refractivity (Wildman–Crippen MR) is 87.7 cm³/mol. The van der Waals surface area contributed by atoms with Gasteiger partial charge in [-0.3, -0.25) is 0 Å². The first kappa shape index (κ1) is 14.6. The maximum atomic E-state index is 5.88. The maximum absolute atomic E-state index is 5.88. The van der Waals surface area contributed by atoms with Crippen molar-refractivity contribution >= 4 is 19.7 Å². The molecule has 0 fully saturated rings.